The van der Waals surface area contributed by atoms with Gasteiger partial charge in [-0.15, -0.1) is 30.4 Å². The van der Waals surface area contributed by atoms with E-state index in [1.807, 2.05) is 43.3 Å². The summed E-state index contributed by atoms with van der Waals surface area (Å²) >= 11 is 0. The number of benzene rings is 2. The molecule has 0 spiro atoms. The molecule has 8 heteroatoms. The SMILES string of the molecule is C#CCNC(=NCCCn1c(C)nc2ccccc21)Nc1ccc2c(c1)OCCCO2.I. The fraction of sp³-hybridized carbons (Fsp3) is 0.333. The smallest absolute Gasteiger partial charge is 0.196 e. The number of hydrogen-bond donors (Lipinski definition) is 2. The molecule has 1 aliphatic heterocycles. The number of fused-ring (bicyclic) bond motifs is 2. The first-order chi connectivity index (χ1) is 15.2. The first kappa shape index (κ1) is 23.7. The number of aromatic nitrogens is 2. The minimum atomic E-state index is 0. The molecule has 4 rings (SSSR count). The minimum absolute atomic E-state index is 0. The molecule has 168 valence electrons. The maximum absolute atomic E-state index is 5.77. The van der Waals surface area contributed by atoms with E-state index in [2.05, 4.69) is 37.2 Å². The molecular formula is C24H28IN5O2. The highest BCUT2D eigenvalue weighted by atomic mass is 127. The Kier molecular flexibility index (Phi) is 8.62. The number of nitrogens with one attached hydrogen (secondary N) is 2. The summed E-state index contributed by atoms with van der Waals surface area (Å²) < 4.78 is 13.7. The van der Waals surface area contributed by atoms with Gasteiger partial charge in [0.1, 0.15) is 5.82 Å². The Bertz CT molecular complexity index is 1120. The van der Waals surface area contributed by atoms with Crippen molar-refractivity contribution in [2.24, 2.45) is 4.99 Å². The summed E-state index contributed by atoms with van der Waals surface area (Å²) in [6.45, 7) is 5.24. The van der Waals surface area contributed by atoms with Gasteiger partial charge in [-0.3, -0.25) is 4.99 Å². The third kappa shape index (κ3) is 5.85. The molecule has 3 aromatic rings. The van der Waals surface area contributed by atoms with E-state index >= 15 is 0 Å². The lowest BCUT2D eigenvalue weighted by molar-refractivity contribution is 0.297. The van der Waals surface area contributed by atoms with E-state index in [9.17, 15) is 0 Å². The molecule has 2 aromatic carbocycles. The van der Waals surface area contributed by atoms with Crippen molar-refractivity contribution in [1.82, 2.24) is 14.9 Å². The number of halogens is 1. The molecule has 0 bridgehead atoms. The second kappa shape index (κ2) is 11.6. The standard InChI is InChI=1S/C24H27N5O2.HI/c1-3-12-25-24(28-19-10-11-22-23(17-19)31-16-7-15-30-22)26-13-6-14-29-18(2)27-20-8-4-5-9-21(20)29;/h1,4-5,8-11,17H,6-7,12-16H2,2H3,(H2,25,26,28);1H. The van der Waals surface area contributed by atoms with Crippen LogP contribution in [0.5, 0.6) is 11.5 Å². The van der Waals surface area contributed by atoms with Crippen molar-refractivity contribution in [3.05, 3.63) is 48.3 Å². The van der Waals surface area contributed by atoms with E-state index in [0.717, 1.165) is 53.4 Å². The molecule has 1 aliphatic rings. The van der Waals surface area contributed by atoms with Gasteiger partial charge in [0.25, 0.3) is 0 Å². The van der Waals surface area contributed by atoms with Crippen LogP contribution in [0.2, 0.25) is 0 Å². The Labute approximate surface area is 205 Å². The normalized spacial score (nSPS) is 13.1. The van der Waals surface area contributed by atoms with Gasteiger partial charge in [0.15, 0.2) is 17.5 Å². The monoisotopic (exact) mass is 545 g/mol. The predicted molar refractivity (Wildman–Crippen MR) is 139 cm³/mol. The van der Waals surface area contributed by atoms with Gasteiger partial charge in [0, 0.05) is 31.3 Å². The maximum atomic E-state index is 5.77. The molecule has 0 fully saturated rings. The number of hydrogen-bond acceptors (Lipinski definition) is 4. The van der Waals surface area contributed by atoms with Crippen LogP contribution in [0.25, 0.3) is 11.0 Å². The topological polar surface area (TPSA) is 72.7 Å². The summed E-state index contributed by atoms with van der Waals surface area (Å²) in [7, 11) is 0. The van der Waals surface area contributed by atoms with Crippen molar-refractivity contribution < 1.29 is 9.47 Å². The molecule has 32 heavy (non-hydrogen) atoms. The quantitative estimate of drug-likeness (QED) is 0.160. The van der Waals surface area contributed by atoms with Crippen LogP contribution in [-0.4, -0.2) is 41.8 Å². The number of aryl methyl sites for hydroxylation is 2. The summed E-state index contributed by atoms with van der Waals surface area (Å²) in [5, 5.41) is 6.46. The van der Waals surface area contributed by atoms with Crippen LogP contribution in [0.15, 0.2) is 47.5 Å². The average molecular weight is 545 g/mol. The van der Waals surface area contributed by atoms with Gasteiger partial charge in [0.2, 0.25) is 0 Å². The van der Waals surface area contributed by atoms with Crippen LogP contribution >= 0.6 is 24.0 Å². The number of para-hydroxylation sites is 2. The van der Waals surface area contributed by atoms with Crippen molar-refractivity contribution in [1.29, 1.82) is 0 Å². The third-order valence-electron chi connectivity index (χ3n) is 5.02. The molecule has 0 amide bonds. The second-order valence-electron chi connectivity index (χ2n) is 7.28. The number of terminal acetylenes is 1. The Hall–Kier alpha value is -2.93. The Balaban J connectivity index is 0.00000289. The zero-order chi connectivity index (χ0) is 21.5. The first-order valence-electron chi connectivity index (χ1n) is 10.5. The summed E-state index contributed by atoms with van der Waals surface area (Å²) in [5.74, 6) is 5.75. The van der Waals surface area contributed by atoms with Crippen molar-refractivity contribution >= 4 is 46.7 Å². The number of anilines is 1. The summed E-state index contributed by atoms with van der Waals surface area (Å²) in [4.78, 5) is 9.31. The minimum Gasteiger partial charge on any atom is -0.490 e. The van der Waals surface area contributed by atoms with Crippen LogP contribution in [0.1, 0.15) is 18.7 Å². The van der Waals surface area contributed by atoms with E-state index < -0.39 is 0 Å². The van der Waals surface area contributed by atoms with Gasteiger partial charge < -0.3 is 24.7 Å². The highest BCUT2D eigenvalue weighted by Gasteiger charge is 2.11. The molecule has 1 aromatic heterocycles. The number of aliphatic imine (C=N–C) groups is 1. The van der Waals surface area contributed by atoms with E-state index in [4.69, 9.17) is 15.9 Å². The Morgan fingerprint density at radius 3 is 2.84 bits per heavy atom. The van der Waals surface area contributed by atoms with Gasteiger partial charge in [-0.2, -0.15) is 0 Å². The summed E-state index contributed by atoms with van der Waals surface area (Å²) in [6.07, 6.45) is 7.18. The zero-order valence-electron chi connectivity index (χ0n) is 18.1. The van der Waals surface area contributed by atoms with Gasteiger partial charge in [-0.1, -0.05) is 18.1 Å². The summed E-state index contributed by atoms with van der Waals surface area (Å²) in [6, 6.07) is 14.0. The van der Waals surface area contributed by atoms with Crippen LogP contribution in [-0.2, 0) is 6.54 Å². The fourth-order valence-corrected chi connectivity index (χ4v) is 3.55. The van der Waals surface area contributed by atoms with E-state index in [-0.39, 0.29) is 24.0 Å². The summed E-state index contributed by atoms with van der Waals surface area (Å²) in [5.41, 5.74) is 3.04. The molecule has 0 unspecified atom stereocenters. The number of rotatable bonds is 6. The molecule has 0 saturated heterocycles. The second-order valence-corrected chi connectivity index (χ2v) is 7.28. The predicted octanol–water partition coefficient (Wildman–Crippen LogP) is 4.21. The number of guanidine groups is 1. The molecule has 2 N–H and O–H groups in total. The highest BCUT2D eigenvalue weighted by molar-refractivity contribution is 14.0. The van der Waals surface area contributed by atoms with Gasteiger partial charge in [0.05, 0.1) is 30.8 Å². The lowest BCUT2D eigenvalue weighted by Crippen LogP contribution is -2.31. The maximum Gasteiger partial charge on any atom is 0.196 e. The first-order valence-corrected chi connectivity index (χ1v) is 10.5. The lowest BCUT2D eigenvalue weighted by Gasteiger charge is -2.13. The molecule has 2 heterocycles. The average Bonchev–Trinajstić information content (AvgIpc) is 2.94. The van der Waals surface area contributed by atoms with Gasteiger partial charge >= 0.3 is 0 Å². The van der Waals surface area contributed by atoms with Crippen LogP contribution in [0.4, 0.5) is 5.69 Å². The largest absolute Gasteiger partial charge is 0.490 e. The van der Waals surface area contributed by atoms with E-state index in [1.54, 1.807) is 0 Å². The number of nitrogens with zero attached hydrogens (tertiary/aromatic N) is 3. The highest BCUT2D eigenvalue weighted by Crippen LogP contribution is 2.32. The van der Waals surface area contributed by atoms with Gasteiger partial charge in [-0.25, -0.2) is 4.98 Å². The molecule has 0 atom stereocenters. The Morgan fingerprint density at radius 1 is 1.19 bits per heavy atom. The lowest BCUT2D eigenvalue weighted by atomic mass is 10.2. The molecule has 0 saturated carbocycles. The molecule has 7 nitrogen and oxygen atoms in total. The number of imidazole rings is 1. The molecule has 0 radical (unpaired) electrons. The molecular weight excluding hydrogens is 517 g/mol. The zero-order valence-corrected chi connectivity index (χ0v) is 20.5. The van der Waals surface area contributed by atoms with Crippen molar-refractivity contribution in [3.63, 3.8) is 0 Å². The van der Waals surface area contributed by atoms with E-state index in [1.165, 1.54) is 0 Å². The van der Waals surface area contributed by atoms with Gasteiger partial charge in [-0.05, 0) is 37.6 Å². The van der Waals surface area contributed by atoms with Crippen LogP contribution < -0.4 is 20.1 Å². The van der Waals surface area contributed by atoms with Crippen molar-refractivity contribution in [3.8, 4) is 23.8 Å². The van der Waals surface area contributed by atoms with Crippen molar-refractivity contribution in [2.75, 3.05) is 31.6 Å². The number of ether oxygens (including phenoxy) is 2. The molecule has 0 aliphatic carbocycles. The fourth-order valence-electron chi connectivity index (χ4n) is 3.55. The van der Waals surface area contributed by atoms with Crippen molar-refractivity contribution in [2.45, 2.75) is 26.3 Å². The van der Waals surface area contributed by atoms with E-state index in [0.29, 0.717) is 32.3 Å². The van der Waals surface area contributed by atoms with Crippen LogP contribution in [0.3, 0.4) is 0 Å². The van der Waals surface area contributed by atoms with Crippen LogP contribution in [0, 0.1) is 19.3 Å². The Morgan fingerprint density at radius 2 is 2.00 bits per heavy atom. The third-order valence-corrected chi connectivity index (χ3v) is 5.02.